The molecule has 1 aromatic heterocycles. The number of esters is 1. The van der Waals surface area contributed by atoms with Crippen LogP contribution in [0.5, 0.6) is 0 Å². The quantitative estimate of drug-likeness (QED) is 0.812. The fourth-order valence-corrected chi connectivity index (χ4v) is 2.20. The minimum absolute atomic E-state index is 0.0122. The van der Waals surface area contributed by atoms with E-state index in [-0.39, 0.29) is 11.3 Å². The molecule has 0 spiro atoms. The van der Waals surface area contributed by atoms with Gasteiger partial charge in [0.1, 0.15) is 11.6 Å². The number of aryl methyl sites for hydroxylation is 1. The number of hydrogen-bond acceptors (Lipinski definition) is 4. The van der Waals surface area contributed by atoms with Gasteiger partial charge in [-0.1, -0.05) is 0 Å². The van der Waals surface area contributed by atoms with Gasteiger partial charge in [0.15, 0.2) is 11.8 Å². The van der Waals surface area contributed by atoms with Gasteiger partial charge in [-0.05, 0) is 31.2 Å². The van der Waals surface area contributed by atoms with E-state index in [2.05, 4.69) is 4.74 Å². The molecule has 0 saturated carbocycles. The molecular weight excluding hydrogens is 308 g/mol. The van der Waals surface area contributed by atoms with E-state index < -0.39 is 29.6 Å². The summed E-state index contributed by atoms with van der Waals surface area (Å²) in [6.07, 6.45) is 1.33. The molecule has 0 aliphatic rings. The zero-order valence-electron chi connectivity index (χ0n) is 12.8. The number of benzene rings is 1. The Morgan fingerprint density at radius 3 is 2.52 bits per heavy atom. The lowest BCUT2D eigenvalue weighted by molar-refractivity contribution is -0.146. The number of methoxy groups -OCH3 is 1. The van der Waals surface area contributed by atoms with Gasteiger partial charge in [0.25, 0.3) is 5.91 Å². The number of carbonyl (C=O) groups is 2. The zero-order valence-corrected chi connectivity index (χ0v) is 12.8. The molecule has 0 fully saturated rings. The summed E-state index contributed by atoms with van der Waals surface area (Å²) in [5.74, 6) is -3.08. The minimum atomic E-state index is -1.44. The second-order valence-electron chi connectivity index (χ2n) is 4.94. The molecule has 1 unspecified atom stereocenters. The summed E-state index contributed by atoms with van der Waals surface area (Å²) < 4.78 is 37.2. The first-order valence-electron chi connectivity index (χ1n) is 6.70. The number of hydrogen-bond donors (Lipinski definition) is 0. The van der Waals surface area contributed by atoms with E-state index in [1.165, 1.54) is 13.3 Å². The smallest absolute Gasteiger partial charge is 0.333 e. The van der Waals surface area contributed by atoms with E-state index >= 15 is 0 Å². The number of likely N-dealkylation sites (N-methyl/N-ethyl adjacent to an activating group) is 1. The zero-order chi connectivity index (χ0) is 17.1. The maximum Gasteiger partial charge on any atom is 0.333 e. The maximum atomic E-state index is 14.0. The molecule has 0 saturated heterocycles. The molecule has 0 N–H and O–H groups in total. The molecule has 122 valence electrons. The molecule has 0 bridgehead atoms. The van der Waals surface area contributed by atoms with Crippen molar-refractivity contribution in [3.05, 3.63) is 59.1 Å². The Bertz CT molecular complexity index is 741. The third-order valence-electron chi connectivity index (χ3n) is 3.44. The average Bonchev–Trinajstić information content (AvgIpc) is 2.95. The fourth-order valence-electron chi connectivity index (χ4n) is 2.20. The van der Waals surface area contributed by atoms with Crippen LogP contribution in [0.15, 0.2) is 34.9 Å². The topological polar surface area (TPSA) is 59.8 Å². The summed E-state index contributed by atoms with van der Waals surface area (Å²) >= 11 is 0. The van der Waals surface area contributed by atoms with Crippen molar-refractivity contribution < 1.29 is 27.5 Å². The molecular formula is C16H15F2NO4. The fraction of sp³-hybridized carbons (Fsp3) is 0.250. The number of rotatable bonds is 4. The number of nitrogens with zero attached hydrogens (tertiary/aromatic N) is 1. The maximum absolute atomic E-state index is 14.0. The van der Waals surface area contributed by atoms with Gasteiger partial charge in [0.05, 0.1) is 13.4 Å². The highest BCUT2D eigenvalue weighted by molar-refractivity contribution is 5.95. The van der Waals surface area contributed by atoms with Gasteiger partial charge in [-0.25, -0.2) is 13.6 Å². The largest absolute Gasteiger partial charge is 0.467 e. The van der Waals surface area contributed by atoms with Gasteiger partial charge in [0.2, 0.25) is 0 Å². The molecule has 1 heterocycles. The van der Waals surface area contributed by atoms with Crippen LogP contribution in [0.1, 0.15) is 27.7 Å². The van der Waals surface area contributed by atoms with Crippen LogP contribution in [0.3, 0.4) is 0 Å². The van der Waals surface area contributed by atoms with E-state index in [9.17, 15) is 18.4 Å². The van der Waals surface area contributed by atoms with Crippen molar-refractivity contribution in [2.45, 2.75) is 13.0 Å². The SMILES string of the molecule is COC(=O)C(c1cc(F)ccc1F)N(C)C(=O)c1occc1C. The van der Waals surface area contributed by atoms with Crippen molar-refractivity contribution >= 4 is 11.9 Å². The lowest BCUT2D eigenvalue weighted by Crippen LogP contribution is -2.37. The van der Waals surface area contributed by atoms with Crippen molar-refractivity contribution in [2.75, 3.05) is 14.2 Å². The van der Waals surface area contributed by atoms with Crippen LogP contribution in [0.4, 0.5) is 8.78 Å². The number of halogens is 2. The van der Waals surface area contributed by atoms with Crippen LogP contribution >= 0.6 is 0 Å². The molecule has 2 rings (SSSR count). The molecule has 7 heteroatoms. The Morgan fingerprint density at radius 2 is 1.96 bits per heavy atom. The highest BCUT2D eigenvalue weighted by Gasteiger charge is 2.34. The van der Waals surface area contributed by atoms with E-state index in [1.54, 1.807) is 13.0 Å². The number of carbonyl (C=O) groups excluding carboxylic acids is 2. The average molecular weight is 323 g/mol. The second-order valence-corrected chi connectivity index (χ2v) is 4.94. The van der Waals surface area contributed by atoms with Crippen molar-refractivity contribution in [3.8, 4) is 0 Å². The predicted molar refractivity (Wildman–Crippen MR) is 76.7 cm³/mol. The number of ether oxygens (including phenoxy) is 1. The molecule has 5 nitrogen and oxygen atoms in total. The summed E-state index contributed by atoms with van der Waals surface area (Å²) in [6, 6.07) is 2.81. The van der Waals surface area contributed by atoms with Gasteiger partial charge in [-0.2, -0.15) is 0 Å². The second kappa shape index (κ2) is 6.60. The van der Waals surface area contributed by atoms with Gasteiger partial charge in [-0.15, -0.1) is 0 Å². The number of furan rings is 1. The van der Waals surface area contributed by atoms with Gasteiger partial charge in [0, 0.05) is 18.2 Å². The van der Waals surface area contributed by atoms with E-state index in [1.807, 2.05) is 0 Å². The van der Waals surface area contributed by atoms with Crippen molar-refractivity contribution in [1.82, 2.24) is 4.90 Å². The van der Waals surface area contributed by atoms with Crippen LogP contribution < -0.4 is 0 Å². The lowest BCUT2D eigenvalue weighted by atomic mass is 10.0. The van der Waals surface area contributed by atoms with Crippen LogP contribution in [-0.2, 0) is 9.53 Å². The summed E-state index contributed by atoms with van der Waals surface area (Å²) in [5.41, 5.74) is 0.266. The van der Waals surface area contributed by atoms with E-state index in [4.69, 9.17) is 4.42 Å². The Labute approximate surface area is 131 Å². The van der Waals surface area contributed by atoms with E-state index in [0.717, 1.165) is 30.2 Å². The molecule has 2 aromatic rings. The molecule has 23 heavy (non-hydrogen) atoms. The predicted octanol–water partition coefficient (Wildman–Crippen LogP) is 2.85. The first kappa shape index (κ1) is 16.7. The molecule has 1 atom stereocenters. The lowest BCUT2D eigenvalue weighted by Gasteiger charge is -2.26. The normalized spacial score (nSPS) is 11.9. The summed E-state index contributed by atoms with van der Waals surface area (Å²) in [6.45, 7) is 1.65. The van der Waals surface area contributed by atoms with Crippen LogP contribution in [0, 0.1) is 18.6 Å². The first-order valence-corrected chi connectivity index (χ1v) is 6.70. The molecule has 1 aromatic carbocycles. The minimum Gasteiger partial charge on any atom is -0.467 e. The van der Waals surface area contributed by atoms with Gasteiger partial charge < -0.3 is 14.1 Å². The summed E-state index contributed by atoms with van der Waals surface area (Å²) in [5, 5.41) is 0. The Balaban J connectivity index is 2.47. The van der Waals surface area contributed by atoms with E-state index in [0.29, 0.717) is 5.56 Å². The van der Waals surface area contributed by atoms with Crippen LogP contribution in [-0.4, -0.2) is 30.9 Å². The summed E-state index contributed by atoms with van der Waals surface area (Å²) in [7, 11) is 2.39. The Hall–Kier alpha value is -2.70. The Kier molecular flexibility index (Phi) is 4.78. The van der Waals surface area contributed by atoms with Crippen molar-refractivity contribution in [2.24, 2.45) is 0 Å². The standard InChI is InChI=1S/C16H15F2NO4/c1-9-6-7-23-14(9)15(20)19(2)13(16(21)22-3)11-8-10(17)4-5-12(11)18/h4-8,13H,1-3H3. The van der Waals surface area contributed by atoms with Crippen LogP contribution in [0.2, 0.25) is 0 Å². The van der Waals surface area contributed by atoms with Crippen LogP contribution in [0.25, 0.3) is 0 Å². The highest BCUT2D eigenvalue weighted by atomic mass is 19.1. The Morgan fingerprint density at radius 1 is 1.26 bits per heavy atom. The molecule has 1 amide bonds. The third kappa shape index (κ3) is 3.23. The summed E-state index contributed by atoms with van der Waals surface area (Å²) in [4.78, 5) is 25.5. The van der Waals surface area contributed by atoms with Gasteiger partial charge >= 0.3 is 5.97 Å². The molecule has 0 aliphatic heterocycles. The monoisotopic (exact) mass is 323 g/mol. The van der Waals surface area contributed by atoms with Crippen molar-refractivity contribution in [3.63, 3.8) is 0 Å². The number of amides is 1. The van der Waals surface area contributed by atoms with Crippen molar-refractivity contribution in [1.29, 1.82) is 0 Å². The van der Waals surface area contributed by atoms with Gasteiger partial charge in [-0.3, -0.25) is 4.79 Å². The first-order chi connectivity index (χ1) is 10.9. The third-order valence-corrected chi connectivity index (χ3v) is 3.44. The molecule has 0 radical (unpaired) electrons. The highest BCUT2D eigenvalue weighted by Crippen LogP contribution is 2.27. The molecule has 0 aliphatic carbocycles.